The molecule has 0 fully saturated rings. The van der Waals surface area contributed by atoms with Gasteiger partial charge in [-0.1, -0.05) is 49.7 Å². The van der Waals surface area contributed by atoms with E-state index in [4.69, 9.17) is 0 Å². The summed E-state index contributed by atoms with van der Waals surface area (Å²) in [6, 6.07) is 14.0. The molecule has 5 nitrogen and oxygen atoms in total. The minimum absolute atomic E-state index is 0.138. The average molecular weight is 360 g/mol. The van der Waals surface area contributed by atoms with Crippen molar-refractivity contribution in [2.24, 2.45) is 0 Å². The van der Waals surface area contributed by atoms with E-state index in [1.165, 1.54) is 16.4 Å². The largest absolute Gasteiger partial charge is 0.348 e. The van der Waals surface area contributed by atoms with Gasteiger partial charge in [0.1, 0.15) is 0 Å². The van der Waals surface area contributed by atoms with E-state index in [-0.39, 0.29) is 10.8 Å². The highest BCUT2D eigenvalue weighted by Crippen LogP contribution is 2.17. The van der Waals surface area contributed by atoms with Crippen LogP contribution in [0.1, 0.15) is 35.3 Å². The fraction of sp³-hybridized carbons (Fsp3) is 0.316. The van der Waals surface area contributed by atoms with Gasteiger partial charge in [0.05, 0.1) is 4.90 Å². The fourth-order valence-electron chi connectivity index (χ4n) is 2.50. The summed E-state index contributed by atoms with van der Waals surface area (Å²) in [5.74, 6) is -0.294. The van der Waals surface area contributed by atoms with E-state index in [9.17, 15) is 13.2 Å². The summed E-state index contributed by atoms with van der Waals surface area (Å²) >= 11 is 0. The van der Waals surface area contributed by atoms with E-state index in [0.29, 0.717) is 25.2 Å². The molecule has 2 aromatic carbocycles. The molecule has 0 spiro atoms. The lowest BCUT2D eigenvalue weighted by Gasteiger charge is -2.18. The van der Waals surface area contributed by atoms with Crippen LogP contribution in [0.15, 0.2) is 53.4 Å². The van der Waals surface area contributed by atoms with Crippen LogP contribution in [0.4, 0.5) is 0 Å². The van der Waals surface area contributed by atoms with Crippen molar-refractivity contribution < 1.29 is 13.2 Å². The van der Waals surface area contributed by atoms with Gasteiger partial charge in [-0.2, -0.15) is 4.31 Å². The first kappa shape index (κ1) is 19.1. The lowest BCUT2D eigenvalue weighted by atomic mass is 10.1. The van der Waals surface area contributed by atoms with Gasteiger partial charge in [-0.05, 0) is 30.7 Å². The molecule has 1 amide bonds. The number of sulfonamides is 1. The number of nitrogens with one attached hydrogen (secondary N) is 1. The number of hydrogen-bond donors (Lipinski definition) is 1. The highest BCUT2D eigenvalue weighted by atomic mass is 32.2. The van der Waals surface area contributed by atoms with Gasteiger partial charge >= 0.3 is 0 Å². The van der Waals surface area contributed by atoms with E-state index in [1.807, 2.05) is 31.2 Å². The minimum atomic E-state index is -3.58. The zero-order chi connectivity index (χ0) is 18.4. The Morgan fingerprint density at radius 3 is 2.28 bits per heavy atom. The van der Waals surface area contributed by atoms with E-state index < -0.39 is 10.0 Å². The Hall–Kier alpha value is -2.18. The topological polar surface area (TPSA) is 66.5 Å². The average Bonchev–Trinajstić information content (AvgIpc) is 2.62. The van der Waals surface area contributed by atoms with Gasteiger partial charge in [0, 0.05) is 25.2 Å². The Morgan fingerprint density at radius 2 is 1.68 bits per heavy atom. The maximum atomic E-state index is 12.6. The summed E-state index contributed by atoms with van der Waals surface area (Å²) < 4.78 is 26.5. The van der Waals surface area contributed by atoms with E-state index in [0.717, 1.165) is 11.1 Å². The van der Waals surface area contributed by atoms with Crippen LogP contribution in [0, 0.1) is 6.92 Å². The van der Waals surface area contributed by atoms with Gasteiger partial charge < -0.3 is 5.32 Å². The SMILES string of the molecule is CCN(CC)S(=O)(=O)c1cccc(C(=O)NCc2ccc(C)cc2)c1. The Labute approximate surface area is 149 Å². The van der Waals surface area contributed by atoms with Gasteiger partial charge in [-0.25, -0.2) is 8.42 Å². The van der Waals surface area contributed by atoms with Crippen LogP contribution in [0.25, 0.3) is 0 Å². The number of aryl methyl sites for hydroxylation is 1. The molecular weight excluding hydrogens is 336 g/mol. The quantitative estimate of drug-likeness (QED) is 0.825. The van der Waals surface area contributed by atoms with Crippen LogP contribution in [0.2, 0.25) is 0 Å². The lowest BCUT2D eigenvalue weighted by Crippen LogP contribution is -2.31. The molecule has 0 aromatic heterocycles. The maximum absolute atomic E-state index is 12.6. The number of rotatable bonds is 7. The Balaban J connectivity index is 2.14. The van der Waals surface area contributed by atoms with E-state index in [1.54, 1.807) is 26.0 Å². The predicted molar refractivity (Wildman–Crippen MR) is 98.9 cm³/mol. The molecule has 0 radical (unpaired) electrons. The van der Waals surface area contributed by atoms with Crippen LogP contribution in [-0.4, -0.2) is 31.7 Å². The number of benzene rings is 2. The molecule has 0 bridgehead atoms. The number of carbonyl (C=O) groups is 1. The Kier molecular flexibility index (Phi) is 6.33. The Bertz CT molecular complexity index is 826. The summed E-state index contributed by atoms with van der Waals surface area (Å²) in [5, 5.41) is 2.82. The zero-order valence-electron chi connectivity index (χ0n) is 14.8. The number of nitrogens with zero attached hydrogens (tertiary/aromatic N) is 1. The van der Waals surface area contributed by atoms with Crippen LogP contribution in [-0.2, 0) is 16.6 Å². The van der Waals surface area contributed by atoms with Crippen molar-refractivity contribution in [1.82, 2.24) is 9.62 Å². The molecule has 6 heteroatoms. The molecule has 0 aliphatic carbocycles. The molecule has 0 saturated heterocycles. The number of hydrogen-bond acceptors (Lipinski definition) is 3. The second-order valence-corrected chi connectivity index (χ2v) is 7.72. The van der Waals surface area contributed by atoms with Crippen LogP contribution in [0.3, 0.4) is 0 Å². The molecule has 1 N–H and O–H groups in total. The monoisotopic (exact) mass is 360 g/mol. The lowest BCUT2D eigenvalue weighted by molar-refractivity contribution is 0.0950. The van der Waals surface area contributed by atoms with E-state index >= 15 is 0 Å². The zero-order valence-corrected chi connectivity index (χ0v) is 15.6. The third kappa shape index (κ3) is 4.67. The second-order valence-electron chi connectivity index (χ2n) is 5.79. The first-order valence-electron chi connectivity index (χ1n) is 8.32. The normalized spacial score (nSPS) is 11.5. The molecule has 2 rings (SSSR count). The van der Waals surface area contributed by atoms with E-state index in [2.05, 4.69) is 5.32 Å². The Morgan fingerprint density at radius 1 is 1.04 bits per heavy atom. The van der Waals surface area contributed by atoms with Crippen molar-refractivity contribution in [2.75, 3.05) is 13.1 Å². The summed E-state index contributed by atoms with van der Waals surface area (Å²) in [5.41, 5.74) is 2.48. The predicted octanol–water partition coefficient (Wildman–Crippen LogP) is 2.96. The smallest absolute Gasteiger partial charge is 0.251 e. The van der Waals surface area contributed by atoms with Crippen molar-refractivity contribution in [3.05, 3.63) is 65.2 Å². The molecule has 0 atom stereocenters. The van der Waals surface area contributed by atoms with Gasteiger partial charge in [-0.3, -0.25) is 4.79 Å². The maximum Gasteiger partial charge on any atom is 0.251 e. The van der Waals surface area contributed by atoms with Gasteiger partial charge in [-0.15, -0.1) is 0 Å². The molecule has 0 saturated carbocycles. The van der Waals surface area contributed by atoms with Crippen molar-refractivity contribution in [3.63, 3.8) is 0 Å². The van der Waals surface area contributed by atoms with Gasteiger partial charge in [0.25, 0.3) is 5.91 Å². The van der Waals surface area contributed by atoms with Gasteiger partial charge in [0.15, 0.2) is 0 Å². The highest BCUT2D eigenvalue weighted by molar-refractivity contribution is 7.89. The molecule has 0 unspecified atom stereocenters. The molecule has 2 aromatic rings. The van der Waals surface area contributed by atoms with Gasteiger partial charge in [0.2, 0.25) is 10.0 Å². The molecular formula is C19H24N2O3S. The fourth-order valence-corrected chi connectivity index (χ4v) is 4.01. The van der Waals surface area contributed by atoms with Crippen molar-refractivity contribution in [2.45, 2.75) is 32.2 Å². The minimum Gasteiger partial charge on any atom is -0.348 e. The standard InChI is InChI=1S/C19H24N2O3S/c1-4-21(5-2)25(23,24)18-8-6-7-17(13-18)19(22)20-14-16-11-9-15(3)10-12-16/h6-13H,4-5,14H2,1-3H3,(H,20,22). The molecule has 25 heavy (non-hydrogen) atoms. The molecule has 134 valence electrons. The van der Waals surface area contributed by atoms with Crippen LogP contribution in [0.5, 0.6) is 0 Å². The van der Waals surface area contributed by atoms with Crippen molar-refractivity contribution >= 4 is 15.9 Å². The summed E-state index contributed by atoms with van der Waals surface area (Å²) in [7, 11) is -3.58. The number of amides is 1. The third-order valence-electron chi connectivity index (χ3n) is 4.01. The summed E-state index contributed by atoms with van der Waals surface area (Å²) in [6.45, 7) is 6.76. The van der Waals surface area contributed by atoms with Crippen LogP contribution >= 0.6 is 0 Å². The molecule has 0 aliphatic heterocycles. The third-order valence-corrected chi connectivity index (χ3v) is 6.06. The molecule has 0 aliphatic rings. The highest BCUT2D eigenvalue weighted by Gasteiger charge is 2.22. The van der Waals surface area contributed by atoms with Crippen molar-refractivity contribution in [3.8, 4) is 0 Å². The summed E-state index contributed by atoms with van der Waals surface area (Å²) in [4.78, 5) is 12.5. The van der Waals surface area contributed by atoms with Crippen LogP contribution < -0.4 is 5.32 Å². The first-order chi connectivity index (χ1) is 11.9. The second kappa shape index (κ2) is 8.27. The molecule has 0 heterocycles. The number of carbonyl (C=O) groups excluding carboxylic acids is 1. The van der Waals surface area contributed by atoms with Crippen molar-refractivity contribution in [1.29, 1.82) is 0 Å². The summed E-state index contributed by atoms with van der Waals surface area (Å²) in [6.07, 6.45) is 0. The first-order valence-corrected chi connectivity index (χ1v) is 9.76.